The number of carboxylic acid groups (broad SMARTS) is 2. The van der Waals surface area contributed by atoms with E-state index in [4.69, 9.17) is 14.6 Å². The van der Waals surface area contributed by atoms with Crippen molar-refractivity contribution in [3.63, 3.8) is 0 Å². The largest absolute Gasteiger partial charge is 0.480 e. The third-order valence-corrected chi connectivity index (χ3v) is 6.87. The van der Waals surface area contributed by atoms with Crippen LogP contribution >= 0.6 is 0 Å². The van der Waals surface area contributed by atoms with Gasteiger partial charge in [0.05, 0.1) is 0 Å². The summed E-state index contributed by atoms with van der Waals surface area (Å²) in [6.45, 7) is 11.7. The van der Waals surface area contributed by atoms with Crippen molar-refractivity contribution >= 4 is 24.1 Å². The van der Waals surface area contributed by atoms with Gasteiger partial charge in [-0.2, -0.15) is 0 Å². The van der Waals surface area contributed by atoms with Crippen LogP contribution in [0.2, 0.25) is 0 Å². The van der Waals surface area contributed by atoms with Crippen LogP contribution in [0.5, 0.6) is 0 Å². The molecule has 2 atom stereocenters. The Morgan fingerprint density at radius 2 is 1.26 bits per heavy atom. The maximum atomic E-state index is 11.9. The van der Waals surface area contributed by atoms with Gasteiger partial charge in [0.25, 0.3) is 0 Å². The van der Waals surface area contributed by atoms with E-state index in [1.807, 2.05) is 0 Å². The van der Waals surface area contributed by atoms with Crippen molar-refractivity contribution in [3.05, 3.63) is 0 Å². The molecule has 0 aromatic heterocycles. The normalized spacial score (nSPS) is 26.1. The predicted molar refractivity (Wildman–Crippen MR) is 121 cm³/mol. The minimum Gasteiger partial charge on any atom is -0.480 e. The quantitative estimate of drug-likeness (QED) is 0.608. The fraction of sp³-hybridized carbons (Fsp3) is 0.833. The number of carbonyl (C=O) groups is 4. The van der Waals surface area contributed by atoms with Crippen molar-refractivity contribution in [1.82, 2.24) is 9.80 Å². The summed E-state index contributed by atoms with van der Waals surface area (Å²) in [5, 5.41) is 18.4. The van der Waals surface area contributed by atoms with Gasteiger partial charge in [0.1, 0.15) is 23.3 Å². The summed E-state index contributed by atoms with van der Waals surface area (Å²) in [5.74, 6) is -1.84. The van der Waals surface area contributed by atoms with Crippen molar-refractivity contribution < 1.29 is 38.9 Å². The molecule has 0 radical (unpaired) electrons. The maximum Gasteiger partial charge on any atom is 0.411 e. The van der Waals surface area contributed by atoms with Crippen molar-refractivity contribution in [2.75, 3.05) is 13.1 Å². The van der Waals surface area contributed by atoms with Gasteiger partial charge in [-0.05, 0) is 85.5 Å². The smallest absolute Gasteiger partial charge is 0.411 e. The Kier molecular flexibility index (Phi) is 6.60. The Labute approximate surface area is 200 Å². The molecule has 4 fully saturated rings. The predicted octanol–water partition coefficient (Wildman–Crippen LogP) is 3.72. The van der Waals surface area contributed by atoms with Crippen LogP contribution in [0.4, 0.5) is 9.59 Å². The molecule has 2 amide bonds. The highest BCUT2D eigenvalue weighted by molar-refractivity contribution is 5.83. The highest BCUT2D eigenvalue weighted by Crippen LogP contribution is 2.57. The number of hydrogen-bond donors (Lipinski definition) is 2. The van der Waals surface area contributed by atoms with E-state index in [0.29, 0.717) is 19.5 Å². The number of aliphatic carboxylic acids is 2. The fourth-order valence-corrected chi connectivity index (χ4v) is 4.86. The Hall–Kier alpha value is -2.52. The average molecular weight is 483 g/mol. The van der Waals surface area contributed by atoms with E-state index in [9.17, 15) is 24.3 Å². The standard InChI is InChI=1S/2C12H19NO4/c1-11(2,3)17-10(16)13-7-12(4-5-12)6-8(13)9(14)15;1-11(2,3)17-10(16)13-7-6-12(4-5-12)8(13)9(14)15/h2*8H,4-7H2,1-3H3,(H,14,15). The molecule has 2 unspecified atom stereocenters. The molecule has 2 spiro atoms. The van der Waals surface area contributed by atoms with Crippen LogP contribution < -0.4 is 0 Å². The molecule has 2 N–H and O–H groups in total. The molecule has 192 valence electrons. The molecular weight excluding hydrogens is 444 g/mol. The number of rotatable bonds is 2. The van der Waals surface area contributed by atoms with Gasteiger partial charge in [-0.3, -0.25) is 9.80 Å². The summed E-state index contributed by atoms with van der Waals surface area (Å²) in [6, 6.07) is -1.41. The molecule has 2 aliphatic carbocycles. The number of hydrogen-bond acceptors (Lipinski definition) is 6. The molecule has 4 rings (SSSR count). The van der Waals surface area contributed by atoms with Gasteiger partial charge in [-0.25, -0.2) is 19.2 Å². The second-order valence-corrected chi connectivity index (χ2v) is 12.2. The number of ether oxygens (including phenoxy) is 2. The van der Waals surface area contributed by atoms with Crippen molar-refractivity contribution in [2.24, 2.45) is 10.8 Å². The van der Waals surface area contributed by atoms with E-state index in [-0.39, 0.29) is 10.8 Å². The van der Waals surface area contributed by atoms with Gasteiger partial charge in [0, 0.05) is 18.5 Å². The molecular formula is C24H38N2O8. The average Bonchev–Trinajstić information content (AvgIpc) is 3.48. The summed E-state index contributed by atoms with van der Waals surface area (Å²) in [6.07, 6.45) is 4.20. The highest BCUT2D eigenvalue weighted by Gasteiger charge is 2.60. The lowest BCUT2D eigenvalue weighted by Crippen LogP contribution is -2.46. The molecule has 0 aromatic rings. The Bertz CT molecular complexity index is 822. The van der Waals surface area contributed by atoms with Gasteiger partial charge in [-0.1, -0.05) is 0 Å². The van der Waals surface area contributed by atoms with Crippen LogP contribution in [0.15, 0.2) is 0 Å². The van der Waals surface area contributed by atoms with E-state index >= 15 is 0 Å². The lowest BCUT2D eigenvalue weighted by Gasteiger charge is -2.28. The summed E-state index contributed by atoms with van der Waals surface area (Å²) in [4.78, 5) is 49.1. The lowest BCUT2D eigenvalue weighted by atomic mass is 9.97. The van der Waals surface area contributed by atoms with Gasteiger partial charge < -0.3 is 19.7 Å². The van der Waals surface area contributed by atoms with Crippen LogP contribution in [0.25, 0.3) is 0 Å². The van der Waals surface area contributed by atoms with Crippen LogP contribution in [-0.4, -0.2) is 80.5 Å². The molecule has 10 heteroatoms. The number of nitrogens with zero attached hydrogens (tertiary/aromatic N) is 2. The Balaban J connectivity index is 0.000000191. The van der Waals surface area contributed by atoms with E-state index in [0.717, 1.165) is 32.1 Å². The summed E-state index contributed by atoms with van der Waals surface area (Å²) >= 11 is 0. The number of carboxylic acids is 2. The minimum atomic E-state index is -0.931. The zero-order valence-corrected chi connectivity index (χ0v) is 21.0. The third-order valence-electron chi connectivity index (χ3n) is 6.87. The van der Waals surface area contributed by atoms with E-state index in [2.05, 4.69) is 0 Å². The van der Waals surface area contributed by atoms with Crippen LogP contribution in [0, 0.1) is 10.8 Å². The van der Waals surface area contributed by atoms with Gasteiger partial charge in [0.2, 0.25) is 0 Å². The lowest BCUT2D eigenvalue weighted by molar-refractivity contribution is -0.144. The molecule has 2 aliphatic heterocycles. The van der Waals surface area contributed by atoms with E-state index in [1.165, 1.54) is 9.80 Å². The zero-order chi connectivity index (χ0) is 25.7. The van der Waals surface area contributed by atoms with Gasteiger partial charge in [-0.15, -0.1) is 0 Å². The minimum absolute atomic E-state index is 0.0694. The van der Waals surface area contributed by atoms with E-state index in [1.54, 1.807) is 41.5 Å². The summed E-state index contributed by atoms with van der Waals surface area (Å²) in [7, 11) is 0. The monoisotopic (exact) mass is 482 g/mol. The molecule has 2 saturated heterocycles. The SMILES string of the molecule is CC(C)(C)OC(=O)N1CC2(CC2)CC1C(=O)O.CC(C)(C)OC(=O)N1CCC2(CC2)C1C(=O)O. The van der Waals surface area contributed by atoms with Crippen LogP contribution in [0.1, 0.15) is 80.1 Å². The van der Waals surface area contributed by atoms with Gasteiger partial charge >= 0.3 is 24.1 Å². The first-order valence-electron chi connectivity index (χ1n) is 11.9. The second kappa shape index (κ2) is 8.61. The highest BCUT2D eigenvalue weighted by atomic mass is 16.6. The molecule has 2 saturated carbocycles. The number of amides is 2. The summed E-state index contributed by atoms with van der Waals surface area (Å²) in [5.41, 5.74) is -1.26. The zero-order valence-electron chi connectivity index (χ0n) is 21.0. The molecule has 10 nitrogen and oxygen atoms in total. The number of carbonyl (C=O) groups excluding carboxylic acids is 2. The molecule has 0 bridgehead atoms. The topological polar surface area (TPSA) is 134 Å². The first-order valence-corrected chi connectivity index (χ1v) is 11.9. The Morgan fingerprint density at radius 3 is 1.65 bits per heavy atom. The maximum absolute atomic E-state index is 11.9. The van der Waals surface area contributed by atoms with Crippen molar-refractivity contribution in [1.29, 1.82) is 0 Å². The van der Waals surface area contributed by atoms with E-state index < -0.39 is 47.4 Å². The van der Waals surface area contributed by atoms with Crippen molar-refractivity contribution in [2.45, 2.75) is 103 Å². The summed E-state index contributed by atoms with van der Waals surface area (Å²) < 4.78 is 10.5. The second-order valence-electron chi connectivity index (χ2n) is 12.2. The fourth-order valence-electron chi connectivity index (χ4n) is 4.86. The first-order chi connectivity index (χ1) is 15.5. The molecule has 4 aliphatic rings. The molecule has 34 heavy (non-hydrogen) atoms. The Morgan fingerprint density at radius 1 is 0.765 bits per heavy atom. The first kappa shape index (κ1) is 26.1. The van der Waals surface area contributed by atoms with Crippen LogP contribution in [-0.2, 0) is 19.1 Å². The van der Waals surface area contributed by atoms with Gasteiger partial charge in [0.15, 0.2) is 0 Å². The number of likely N-dealkylation sites (tertiary alicyclic amines) is 2. The van der Waals surface area contributed by atoms with Crippen LogP contribution in [0.3, 0.4) is 0 Å². The van der Waals surface area contributed by atoms with Crippen molar-refractivity contribution in [3.8, 4) is 0 Å². The molecule has 2 heterocycles. The molecule has 0 aromatic carbocycles. The third kappa shape index (κ3) is 5.93.